The van der Waals surface area contributed by atoms with Crippen molar-refractivity contribution in [3.8, 4) is 10.4 Å². The second-order valence-corrected chi connectivity index (χ2v) is 11.2. The predicted molar refractivity (Wildman–Crippen MR) is 133 cm³/mol. The van der Waals surface area contributed by atoms with Crippen LogP contribution in [0.5, 0.6) is 0 Å². The van der Waals surface area contributed by atoms with E-state index in [0.29, 0.717) is 0 Å². The minimum absolute atomic E-state index is 0.790. The highest BCUT2D eigenvalue weighted by molar-refractivity contribution is 7.29. The molecule has 0 N–H and O–H groups in total. The van der Waals surface area contributed by atoms with E-state index in [2.05, 4.69) is 50.2 Å². The average Bonchev–Trinajstić information content (AvgIpc) is 3.33. The lowest BCUT2D eigenvalue weighted by molar-refractivity contribution is 0.319. The monoisotopic (exact) mass is 424 g/mol. The molecule has 0 atom stereocenters. The van der Waals surface area contributed by atoms with E-state index in [1.807, 2.05) is 22.7 Å². The largest absolute Gasteiger partial charge is 0.139 e. The molecule has 156 valence electrons. The van der Waals surface area contributed by atoms with Gasteiger partial charge in [0.25, 0.3) is 0 Å². The van der Waals surface area contributed by atoms with Crippen LogP contribution in [0.4, 0.5) is 0 Å². The quantitative estimate of drug-likeness (QED) is 0.300. The van der Waals surface area contributed by atoms with Gasteiger partial charge in [-0.1, -0.05) is 70.2 Å². The first-order valence-corrected chi connectivity index (χ1v) is 13.5. The number of thiophene rings is 2. The van der Waals surface area contributed by atoms with Crippen molar-refractivity contribution in [2.75, 3.05) is 0 Å². The molecule has 1 aliphatic rings. The lowest BCUT2D eigenvalue weighted by Gasteiger charge is -2.28. The van der Waals surface area contributed by atoms with Crippen molar-refractivity contribution < 1.29 is 0 Å². The summed E-state index contributed by atoms with van der Waals surface area (Å²) in [5, 5.41) is 0. The summed E-state index contributed by atoms with van der Waals surface area (Å²) < 4.78 is 2.96. The van der Waals surface area contributed by atoms with Crippen molar-refractivity contribution in [3.05, 3.63) is 46.8 Å². The molecule has 2 aromatic heterocycles. The van der Waals surface area contributed by atoms with Gasteiger partial charge >= 0.3 is 0 Å². The van der Waals surface area contributed by atoms with Gasteiger partial charge in [-0.05, 0) is 73.6 Å². The van der Waals surface area contributed by atoms with E-state index in [1.165, 1.54) is 90.5 Å². The van der Waals surface area contributed by atoms with E-state index in [0.717, 1.165) is 11.8 Å². The van der Waals surface area contributed by atoms with E-state index in [1.54, 1.807) is 10.4 Å². The third kappa shape index (κ3) is 5.33. The Bertz CT molecular complexity index is 844. The molecule has 0 aliphatic heterocycles. The summed E-state index contributed by atoms with van der Waals surface area (Å²) in [6.45, 7) is 4.64. The standard InChI is InChI=1S/C27H36S2/c1-3-5-6-7-8-9-24-18-26-27(28-24)19-25(29-26)23-16-14-22(15-17-23)21-12-10-20(4-2)11-13-21/h14-21H,3-13H2,1-2H3/t20-,21-. The van der Waals surface area contributed by atoms with Gasteiger partial charge < -0.3 is 0 Å². The minimum Gasteiger partial charge on any atom is -0.139 e. The summed E-state index contributed by atoms with van der Waals surface area (Å²) in [4.78, 5) is 3.01. The first kappa shape index (κ1) is 21.1. The van der Waals surface area contributed by atoms with Gasteiger partial charge in [-0.2, -0.15) is 0 Å². The Morgan fingerprint density at radius 1 is 0.793 bits per heavy atom. The third-order valence-electron chi connectivity index (χ3n) is 6.88. The predicted octanol–water partition coefficient (Wildman–Crippen LogP) is 9.83. The molecule has 29 heavy (non-hydrogen) atoms. The van der Waals surface area contributed by atoms with Crippen LogP contribution in [0.25, 0.3) is 19.8 Å². The Morgan fingerprint density at radius 2 is 1.52 bits per heavy atom. The average molecular weight is 425 g/mol. The smallest absolute Gasteiger partial charge is 0.0460 e. The molecule has 3 aromatic rings. The Morgan fingerprint density at radius 3 is 2.21 bits per heavy atom. The zero-order valence-electron chi connectivity index (χ0n) is 18.2. The third-order valence-corrected chi connectivity index (χ3v) is 9.28. The van der Waals surface area contributed by atoms with Gasteiger partial charge in [0.05, 0.1) is 0 Å². The van der Waals surface area contributed by atoms with E-state index >= 15 is 0 Å². The van der Waals surface area contributed by atoms with Crippen LogP contribution in [0, 0.1) is 5.92 Å². The lowest BCUT2D eigenvalue weighted by atomic mass is 9.78. The van der Waals surface area contributed by atoms with Crippen molar-refractivity contribution in [3.63, 3.8) is 0 Å². The van der Waals surface area contributed by atoms with Crippen molar-refractivity contribution in [2.24, 2.45) is 5.92 Å². The van der Waals surface area contributed by atoms with E-state index < -0.39 is 0 Å². The van der Waals surface area contributed by atoms with Gasteiger partial charge in [-0.3, -0.25) is 0 Å². The van der Waals surface area contributed by atoms with Crippen LogP contribution in [-0.4, -0.2) is 0 Å². The normalized spacial score (nSPS) is 19.8. The van der Waals surface area contributed by atoms with Gasteiger partial charge in [-0.25, -0.2) is 0 Å². The Hall–Kier alpha value is -1.12. The molecule has 0 nitrogen and oxygen atoms in total. The van der Waals surface area contributed by atoms with Crippen LogP contribution < -0.4 is 0 Å². The van der Waals surface area contributed by atoms with E-state index in [9.17, 15) is 0 Å². The maximum absolute atomic E-state index is 2.45. The van der Waals surface area contributed by atoms with Gasteiger partial charge in [0, 0.05) is 19.2 Å². The number of hydrogen-bond acceptors (Lipinski definition) is 2. The second-order valence-electron chi connectivity index (χ2n) is 8.96. The molecule has 2 heterocycles. The molecule has 1 aromatic carbocycles. The molecule has 1 aliphatic carbocycles. The maximum Gasteiger partial charge on any atom is 0.0460 e. The first-order valence-electron chi connectivity index (χ1n) is 11.9. The number of unbranched alkanes of at least 4 members (excludes halogenated alkanes) is 4. The zero-order chi connectivity index (χ0) is 20.1. The molecular formula is C27H36S2. The number of benzene rings is 1. The summed E-state index contributed by atoms with van der Waals surface area (Å²) in [7, 11) is 0. The Kier molecular flexibility index (Phi) is 7.48. The molecule has 2 heteroatoms. The Balaban J connectivity index is 1.36. The topological polar surface area (TPSA) is 0 Å². The summed E-state index contributed by atoms with van der Waals surface area (Å²) in [5.41, 5.74) is 2.96. The van der Waals surface area contributed by atoms with Gasteiger partial charge in [0.15, 0.2) is 0 Å². The highest BCUT2D eigenvalue weighted by Gasteiger charge is 2.21. The molecule has 1 saturated carbocycles. The minimum atomic E-state index is 0.790. The molecule has 0 unspecified atom stereocenters. The SMILES string of the molecule is CCCCCCCc1cc2sc(-c3ccc([C@H]4CC[C@H](CC)CC4)cc3)cc2s1. The molecule has 0 radical (unpaired) electrons. The lowest BCUT2D eigenvalue weighted by Crippen LogP contribution is -2.12. The van der Waals surface area contributed by atoms with Crippen LogP contribution >= 0.6 is 22.7 Å². The molecule has 1 fully saturated rings. The van der Waals surface area contributed by atoms with Gasteiger partial charge in [0.2, 0.25) is 0 Å². The molecule has 0 amide bonds. The number of fused-ring (bicyclic) bond motifs is 1. The van der Waals surface area contributed by atoms with Crippen LogP contribution in [0.2, 0.25) is 0 Å². The van der Waals surface area contributed by atoms with Crippen molar-refractivity contribution >= 4 is 32.1 Å². The number of rotatable bonds is 9. The number of aryl methyl sites for hydroxylation is 1. The molecule has 0 saturated heterocycles. The fourth-order valence-electron chi connectivity index (χ4n) is 4.88. The van der Waals surface area contributed by atoms with Crippen LogP contribution in [-0.2, 0) is 6.42 Å². The highest BCUT2D eigenvalue weighted by atomic mass is 32.1. The van der Waals surface area contributed by atoms with Gasteiger partial charge in [0.1, 0.15) is 0 Å². The Labute approximate surface area is 185 Å². The summed E-state index contributed by atoms with van der Waals surface area (Å²) in [5.74, 6) is 1.77. The fourth-order valence-corrected chi connectivity index (χ4v) is 7.35. The highest BCUT2D eigenvalue weighted by Crippen LogP contribution is 2.40. The van der Waals surface area contributed by atoms with Crippen molar-refractivity contribution in [1.29, 1.82) is 0 Å². The van der Waals surface area contributed by atoms with E-state index in [4.69, 9.17) is 0 Å². The van der Waals surface area contributed by atoms with E-state index in [-0.39, 0.29) is 0 Å². The molecular weight excluding hydrogens is 388 g/mol. The van der Waals surface area contributed by atoms with Crippen LogP contribution in [0.15, 0.2) is 36.4 Å². The first-order chi connectivity index (χ1) is 14.3. The second kappa shape index (κ2) is 10.3. The van der Waals surface area contributed by atoms with Crippen LogP contribution in [0.3, 0.4) is 0 Å². The molecule has 4 rings (SSSR count). The zero-order valence-corrected chi connectivity index (χ0v) is 19.8. The maximum atomic E-state index is 2.45. The fraction of sp³-hybridized carbons (Fsp3) is 0.556. The van der Waals surface area contributed by atoms with Gasteiger partial charge in [-0.15, -0.1) is 22.7 Å². The van der Waals surface area contributed by atoms with Crippen LogP contribution in [0.1, 0.15) is 94.4 Å². The van der Waals surface area contributed by atoms with Crippen molar-refractivity contribution in [2.45, 2.75) is 90.4 Å². The summed E-state index contributed by atoms with van der Waals surface area (Å²) in [6, 6.07) is 14.4. The number of hydrogen-bond donors (Lipinski definition) is 0. The molecule has 0 bridgehead atoms. The summed E-state index contributed by atoms with van der Waals surface area (Å²) >= 11 is 3.99. The molecule has 0 spiro atoms. The summed E-state index contributed by atoms with van der Waals surface area (Å²) in [6.07, 6.45) is 15.1. The van der Waals surface area contributed by atoms with Crippen molar-refractivity contribution in [1.82, 2.24) is 0 Å².